The van der Waals surface area contributed by atoms with Crippen LogP contribution in [0.1, 0.15) is 110 Å². The summed E-state index contributed by atoms with van der Waals surface area (Å²) in [5.74, 6) is 4.04. The molecule has 9 rings (SSSR count). The number of fused-ring (bicyclic) bond motifs is 8. The Labute approximate surface area is 350 Å². The van der Waals surface area contributed by atoms with E-state index in [9.17, 15) is 4.79 Å². The maximum Gasteiger partial charge on any atom is 0.298 e. The van der Waals surface area contributed by atoms with Gasteiger partial charge in [-0.15, -0.1) is 0 Å². The fourth-order valence-electron chi connectivity index (χ4n) is 15.6. The second-order valence-corrected chi connectivity index (χ2v) is 21.3. The van der Waals surface area contributed by atoms with Gasteiger partial charge in [-0.05, 0) is 156 Å². The number of benzene rings is 3. The monoisotopic (exact) mass is 782 g/mol. The molecular weight excluding hydrogens is 711 g/mol. The van der Waals surface area contributed by atoms with Crippen molar-refractivity contribution >= 4 is 22.8 Å². The molecule has 0 amide bonds. The van der Waals surface area contributed by atoms with E-state index in [1.165, 1.54) is 84.4 Å². The van der Waals surface area contributed by atoms with Gasteiger partial charge in [0.1, 0.15) is 5.75 Å². The summed E-state index contributed by atoms with van der Waals surface area (Å²) in [4.78, 5) is 16.3. The molecule has 0 radical (unpaired) electrons. The number of hydrogen-bond acceptors (Lipinski definition) is 5. The first kappa shape index (κ1) is 40.2. The standard InChI is InChI=1S/C53H71N3O2/c1-37(2)42-21-26-53(54-29-30-55-31-33-56(34-32-55)35-40-13-10-12-38-11-8-9-14-43(38)40)28-27-51(6)45(48(42)53)19-20-47-50(5)24-22-44(39-15-17-41(18-16-39)58-36-57)49(3,4)46(50)23-25-52(47,51)7/h8-18,22,36,42,45-48,54H,1,19-21,23-35H2,2-7H3/t42-,45+,46-,47+,48+,50-,51+,52+,53-/m0/s1. The second kappa shape index (κ2) is 15.0. The van der Waals surface area contributed by atoms with E-state index in [0.29, 0.717) is 40.8 Å². The predicted molar refractivity (Wildman–Crippen MR) is 239 cm³/mol. The largest absolute Gasteiger partial charge is 0.429 e. The topological polar surface area (TPSA) is 44.8 Å². The molecular formula is C53H71N3O2. The zero-order valence-electron chi connectivity index (χ0n) is 36.6. The van der Waals surface area contributed by atoms with Gasteiger partial charge < -0.3 is 10.1 Å². The molecule has 310 valence electrons. The maximum atomic E-state index is 11.0. The van der Waals surface area contributed by atoms with Gasteiger partial charge in [-0.2, -0.15) is 0 Å². The average molecular weight is 782 g/mol. The van der Waals surface area contributed by atoms with Gasteiger partial charge in [-0.1, -0.05) is 107 Å². The first-order valence-corrected chi connectivity index (χ1v) is 23.1. The molecule has 0 bridgehead atoms. The molecule has 0 unspecified atom stereocenters. The van der Waals surface area contributed by atoms with Crippen molar-refractivity contribution in [3.05, 3.63) is 96.1 Å². The van der Waals surface area contributed by atoms with Crippen LogP contribution in [0.15, 0.2) is 85.0 Å². The van der Waals surface area contributed by atoms with Crippen LogP contribution in [-0.4, -0.2) is 61.1 Å². The van der Waals surface area contributed by atoms with Crippen LogP contribution in [0.25, 0.3) is 16.3 Å². The highest BCUT2D eigenvalue weighted by Gasteiger charge is 2.70. The number of carbonyl (C=O) groups excluding carboxylic acids is 1. The molecule has 58 heavy (non-hydrogen) atoms. The molecule has 1 saturated heterocycles. The Morgan fingerprint density at radius 1 is 0.810 bits per heavy atom. The molecule has 0 aromatic heterocycles. The van der Waals surface area contributed by atoms with Crippen LogP contribution < -0.4 is 10.1 Å². The minimum absolute atomic E-state index is 0.0741. The van der Waals surface area contributed by atoms with Gasteiger partial charge >= 0.3 is 0 Å². The summed E-state index contributed by atoms with van der Waals surface area (Å²) < 4.78 is 5.14. The summed E-state index contributed by atoms with van der Waals surface area (Å²) in [6.45, 7) is 28.8. The van der Waals surface area contributed by atoms with E-state index < -0.39 is 0 Å². The number of allylic oxidation sites excluding steroid dienone is 3. The summed E-state index contributed by atoms with van der Waals surface area (Å²) in [5, 5.41) is 7.15. The van der Waals surface area contributed by atoms with Crippen molar-refractivity contribution in [2.75, 3.05) is 39.3 Å². The van der Waals surface area contributed by atoms with Crippen LogP contribution in [0.5, 0.6) is 5.75 Å². The molecule has 1 heterocycles. The van der Waals surface area contributed by atoms with Gasteiger partial charge in [-0.25, -0.2) is 0 Å². The zero-order valence-corrected chi connectivity index (χ0v) is 36.6. The lowest BCUT2D eigenvalue weighted by atomic mass is 9.33. The van der Waals surface area contributed by atoms with Crippen LogP contribution >= 0.6 is 0 Å². The normalized spacial score (nSPS) is 37.2. The number of carbonyl (C=O) groups is 1. The molecule has 5 aliphatic carbocycles. The predicted octanol–water partition coefficient (Wildman–Crippen LogP) is 11.2. The summed E-state index contributed by atoms with van der Waals surface area (Å²) in [6.07, 6.45) is 14.4. The lowest BCUT2D eigenvalue weighted by Gasteiger charge is -2.72. The maximum absolute atomic E-state index is 11.0. The third-order valence-electron chi connectivity index (χ3n) is 18.6. The van der Waals surface area contributed by atoms with Gasteiger partial charge in [0.15, 0.2) is 0 Å². The summed E-state index contributed by atoms with van der Waals surface area (Å²) in [5.41, 5.74) is 6.90. The summed E-state index contributed by atoms with van der Waals surface area (Å²) >= 11 is 0. The van der Waals surface area contributed by atoms with Crippen LogP contribution in [0.2, 0.25) is 0 Å². The van der Waals surface area contributed by atoms with E-state index in [4.69, 9.17) is 4.74 Å². The number of nitrogens with zero attached hydrogens (tertiary/aromatic N) is 2. The van der Waals surface area contributed by atoms with Crippen LogP contribution in [0.3, 0.4) is 0 Å². The van der Waals surface area contributed by atoms with Crippen molar-refractivity contribution in [1.82, 2.24) is 15.1 Å². The van der Waals surface area contributed by atoms with Crippen LogP contribution in [-0.2, 0) is 11.3 Å². The first-order chi connectivity index (χ1) is 27.8. The number of piperazine rings is 1. The van der Waals surface area contributed by atoms with E-state index in [2.05, 4.69) is 124 Å². The SMILES string of the molecule is C=C(C)[C@@H]1CC[C@]2(NCCN3CCN(Cc4cccc5ccccc45)CC3)CC[C@]3(C)[C@H](CC[C@@H]4[C@@]5(C)CC=C(c6ccc(OC=O)cc6)C(C)(C)[C@@H]5CC[C@]43C)[C@@H]12. The lowest BCUT2D eigenvalue weighted by molar-refractivity contribution is -0.219. The third kappa shape index (κ3) is 6.38. The van der Waals surface area contributed by atoms with Crippen molar-refractivity contribution in [2.24, 2.45) is 51.2 Å². The Morgan fingerprint density at radius 3 is 2.31 bits per heavy atom. The van der Waals surface area contributed by atoms with Crippen molar-refractivity contribution in [1.29, 1.82) is 0 Å². The van der Waals surface area contributed by atoms with Gasteiger partial charge in [0.05, 0.1) is 0 Å². The molecule has 0 spiro atoms. The highest BCUT2D eigenvalue weighted by Crippen LogP contribution is 2.76. The fourth-order valence-corrected chi connectivity index (χ4v) is 15.6. The highest BCUT2D eigenvalue weighted by molar-refractivity contribution is 5.85. The van der Waals surface area contributed by atoms with E-state index in [-0.39, 0.29) is 16.4 Å². The molecule has 5 heteroatoms. The van der Waals surface area contributed by atoms with Crippen molar-refractivity contribution < 1.29 is 9.53 Å². The van der Waals surface area contributed by atoms with Gasteiger partial charge in [0, 0.05) is 51.4 Å². The van der Waals surface area contributed by atoms with Crippen LogP contribution in [0, 0.1) is 51.2 Å². The minimum Gasteiger partial charge on any atom is -0.429 e. The van der Waals surface area contributed by atoms with Gasteiger partial charge in [-0.3, -0.25) is 14.6 Å². The summed E-state index contributed by atoms with van der Waals surface area (Å²) in [6, 6.07) is 23.8. The molecule has 6 aliphatic rings. The molecule has 5 fully saturated rings. The van der Waals surface area contributed by atoms with Crippen molar-refractivity contribution in [2.45, 2.75) is 111 Å². The molecule has 9 atom stereocenters. The molecule has 1 aliphatic heterocycles. The Balaban J connectivity index is 0.887. The summed E-state index contributed by atoms with van der Waals surface area (Å²) in [7, 11) is 0. The molecule has 3 aromatic rings. The minimum atomic E-state index is 0.0741. The Hall–Kier alpha value is -3.25. The van der Waals surface area contributed by atoms with Crippen molar-refractivity contribution in [3.63, 3.8) is 0 Å². The number of ether oxygens (including phenoxy) is 1. The molecule has 1 N–H and O–H groups in total. The number of rotatable bonds is 10. The molecule has 4 saturated carbocycles. The zero-order chi connectivity index (χ0) is 40.5. The molecule has 3 aromatic carbocycles. The van der Waals surface area contributed by atoms with E-state index >= 15 is 0 Å². The lowest BCUT2D eigenvalue weighted by Crippen LogP contribution is -2.68. The first-order valence-electron chi connectivity index (χ1n) is 23.1. The van der Waals surface area contributed by atoms with Gasteiger partial charge in [0.2, 0.25) is 0 Å². The highest BCUT2D eigenvalue weighted by atomic mass is 16.5. The third-order valence-corrected chi connectivity index (χ3v) is 18.6. The van der Waals surface area contributed by atoms with Crippen molar-refractivity contribution in [3.8, 4) is 5.75 Å². The van der Waals surface area contributed by atoms with E-state index in [1.807, 2.05) is 12.1 Å². The number of nitrogens with one attached hydrogen (secondary N) is 1. The van der Waals surface area contributed by atoms with E-state index in [1.54, 1.807) is 0 Å². The Bertz CT molecular complexity index is 2040. The number of hydrogen-bond donors (Lipinski definition) is 1. The second-order valence-electron chi connectivity index (χ2n) is 21.3. The fraction of sp³-hybridized carbons (Fsp3) is 0.604. The van der Waals surface area contributed by atoms with Gasteiger partial charge in [0.25, 0.3) is 6.47 Å². The van der Waals surface area contributed by atoms with E-state index in [0.717, 1.165) is 64.1 Å². The molecule has 5 nitrogen and oxygen atoms in total. The Morgan fingerprint density at radius 2 is 1.55 bits per heavy atom. The van der Waals surface area contributed by atoms with Crippen LogP contribution in [0.4, 0.5) is 0 Å². The average Bonchev–Trinajstić information content (AvgIpc) is 3.59. The smallest absolute Gasteiger partial charge is 0.298 e. The Kier molecular flexibility index (Phi) is 10.4. The quantitative estimate of drug-likeness (QED) is 0.164.